The molecule has 6 heteroatoms. The summed E-state index contributed by atoms with van der Waals surface area (Å²) in [5.74, 6) is -0.0410. The summed E-state index contributed by atoms with van der Waals surface area (Å²) in [7, 11) is 0. The highest BCUT2D eigenvalue weighted by Crippen LogP contribution is 2.48. The molecule has 1 fully saturated rings. The van der Waals surface area contributed by atoms with Gasteiger partial charge in [0, 0.05) is 18.2 Å². The van der Waals surface area contributed by atoms with Crippen LogP contribution < -0.4 is 10.6 Å². The molecular weight excluding hydrogens is 328 g/mol. The van der Waals surface area contributed by atoms with E-state index in [1.807, 2.05) is 54.9 Å². The molecule has 1 aromatic heterocycles. The second-order valence-electron chi connectivity index (χ2n) is 7.65. The van der Waals surface area contributed by atoms with Gasteiger partial charge in [0.2, 0.25) is 5.91 Å². The van der Waals surface area contributed by atoms with Gasteiger partial charge < -0.3 is 10.6 Å². The first-order valence-corrected chi connectivity index (χ1v) is 9.22. The Labute approximate surface area is 153 Å². The number of aromatic nitrogens is 2. The molecule has 0 radical (unpaired) electrons. The largest absolute Gasteiger partial charge is 0.350 e. The average Bonchev–Trinajstić information content (AvgIpc) is 3.20. The number of nitrogens with one attached hydrogen (secondary N) is 2. The zero-order valence-corrected chi connectivity index (χ0v) is 15.2. The normalized spacial score (nSPS) is 19.9. The molecule has 2 aliphatic rings. The minimum absolute atomic E-state index is 0.0356. The van der Waals surface area contributed by atoms with E-state index in [0.717, 1.165) is 24.1 Å². The molecule has 0 saturated heterocycles. The number of nitrogens with zero attached hydrogens (tertiary/aromatic N) is 2. The first-order valence-electron chi connectivity index (χ1n) is 9.22. The van der Waals surface area contributed by atoms with E-state index < -0.39 is 0 Å². The number of fused-ring (bicyclic) bond motifs is 1. The Balaban J connectivity index is 1.39. The van der Waals surface area contributed by atoms with E-state index in [1.54, 1.807) is 0 Å². The molecule has 26 heavy (non-hydrogen) atoms. The van der Waals surface area contributed by atoms with Crippen molar-refractivity contribution in [2.45, 2.75) is 57.2 Å². The molecule has 1 aliphatic heterocycles. The van der Waals surface area contributed by atoms with Gasteiger partial charge in [-0.2, -0.15) is 5.10 Å². The first kappa shape index (κ1) is 16.8. The third-order valence-electron chi connectivity index (χ3n) is 5.21. The summed E-state index contributed by atoms with van der Waals surface area (Å²) in [6, 6.07) is 12.0. The summed E-state index contributed by atoms with van der Waals surface area (Å²) < 4.78 is 1.84. The van der Waals surface area contributed by atoms with Crippen LogP contribution in [0.25, 0.3) is 0 Å². The van der Waals surface area contributed by atoms with E-state index in [4.69, 9.17) is 0 Å². The highest BCUT2D eigenvalue weighted by molar-refractivity contribution is 5.93. The predicted octanol–water partition coefficient (Wildman–Crippen LogP) is 1.79. The van der Waals surface area contributed by atoms with Crippen molar-refractivity contribution < 1.29 is 9.59 Å². The van der Waals surface area contributed by atoms with Crippen molar-refractivity contribution in [3.05, 3.63) is 53.3 Å². The van der Waals surface area contributed by atoms with Gasteiger partial charge in [-0.15, -0.1) is 0 Å². The Kier molecular flexibility index (Phi) is 4.05. The predicted molar refractivity (Wildman–Crippen MR) is 97.8 cm³/mol. The van der Waals surface area contributed by atoms with Crippen LogP contribution in [0, 0.1) is 0 Å². The van der Waals surface area contributed by atoms with E-state index >= 15 is 0 Å². The number of carbonyl (C=O) groups excluding carboxylic acids is 2. The molecule has 1 aliphatic carbocycles. The first-order chi connectivity index (χ1) is 12.5. The highest BCUT2D eigenvalue weighted by atomic mass is 16.2. The van der Waals surface area contributed by atoms with Crippen LogP contribution in [-0.2, 0) is 23.2 Å². The Morgan fingerprint density at radius 3 is 2.58 bits per heavy atom. The van der Waals surface area contributed by atoms with E-state index in [0.29, 0.717) is 18.7 Å². The quantitative estimate of drug-likeness (QED) is 0.861. The van der Waals surface area contributed by atoms with Gasteiger partial charge in [-0.3, -0.25) is 14.3 Å². The van der Waals surface area contributed by atoms with E-state index in [1.165, 1.54) is 0 Å². The molecule has 2 aromatic rings. The lowest BCUT2D eigenvalue weighted by molar-refractivity contribution is -0.124. The Morgan fingerprint density at radius 2 is 1.96 bits per heavy atom. The maximum Gasteiger partial charge on any atom is 0.271 e. The second kappa shape index (κ2) is 6.27. The fourth-order valence-corrected chi connectivity index (χ4v) is 3.70. The Bertz CT molecular complexity index is 813. The molecule has 6 nitrogen and oxygen atoms in total. The lowest BCUT2D eigenvalue weighted by Crippen LogP contribution is -2.42. The summed E-state index contributed by atoms with van der Waals surface area (Å²) in [6.07, 6.45) is 2.51. The fourth-order valence-electron chi connectivity index (χ4n) is 3.70. The third kappa shape index (κ3) is 3.00. The molecule has 0 unspecified atom stereocenters. The van der Waals surface area contributed by atoms with Crippen LogP contribution in [0.15, 0.2) is 36.4 Å². The van der Waals surface area contributed by atoms with Crippen molar-refractivity contribution in [3.63, 3.8) is 0 Å². The maximum absolute atomic E-state index is 12.8. The zero-order valence-electron chi connectivity index (χ0n) is 15.2. The van der Waals surface area contributed by atoms with Crippen LogP contribution >= 0.6 is 0 Å². The van der Waals surface area contributed by atoms with Gasteiger partial charge in [0.1, 0.15) is 5.69 Å². The summed E-state index contributed by atoms with van der Waals surface area (Å²) in [5, 5.41) is 10.4. The van der Waals surface area contributed by atoms with Crippen molar-refractivity contribution in [3.8, 4) is 0 Å². The highest BCUT2D eigenvalue weighted by Gasteiger charge is 2.51. The summed E-state index contributed by atoms with van der Waals surface area (Å²) in [5.41, 5.74) is 2.19. The summed E-state index contributed by atoms with van der Waals surface area (Å²) in [6.45, 7) is 4.46. The number of rotatable bonds is 5. The molecule has 2 amide bonds. The van der Waals surface area contributed by atoms with Crippen LogP contribution in [0.5, 0.6) is 0 Å². The lowest BCUT2D eigenvalue weighted by Gasteiger charge is -2.19. The summed E-state index contributed by atoms with van der Waals surface area (Å²) >= 11 is 0. The number of benzene rings is 1. The minimum atomic E-state index is -0.353. The molecule has 0 bridgehead atoms. The van der Waals surface area contributed by atoms with Crippen molar-refractivity contribution in [2.24, 2.45) is 0 Å². The number of hydrogen-bond donors (Lipinski definition) is 2. The SMILES string of the molecule is CC(C)NC(=O)c1cc2n(n1)C[C@@H](NC(=O)C1(c3ccccc3)CC1)C2. The molecule has 2 heterocycles. The van der Waals surface area contributed by atoms with E-state index in [-0.39, 0.29) is 29.3 Å². The van der Waals surface area contributed by atoms with Crippen molar-refractivity contribution >= 4 is 11.8 Å². The Hall–Kier alpha value is -2.63. The van der Waals surface area contributed by atoms with Crippen LogP contribution in [-0.4, -0.2) is 33.7 Å². The van der Waals surface area contributed by atoms with Crippen molar-refractivity contribution in [2.75, 3.05) is 0 Å². The lowest BCUT2D eigenvalue weighted by atomic mass is 9.94. The van der Waals surface area contributed by atoms with Gasteiger partial charge in [-0.05, 0) is 38.3 Å². The number of hydrogen-bond acceptors (Lipinski definition) is 3. The minimum Gasteiger partial charge on any atom is -0.350 e. The topological polar surface area (TPSA) is 76.0 Å². The monoisotopic (exact) mass is 352 g/mol. The van der Waals surface area contributed by atoms with Crippen molar-refractivity contribution in [1.29, 1.82) is 0 Å². The van der Waals surface area contributed by atoms with E-state index in [9.17, 15) is 9.59 Å². The molecule has 136 valence electrons. The van der Waals surface area contributed by atoms with Crippen LogP contribution in [0.1, 0.15) is 48.4 Å². The van der Waals surface area contributed by atoms with Gasteiger partial charge in [0.25, 0.3) is 5.91 Å². The number of amides is 2. The van der Waals surface area contributed by atoms with Crippen LogP contribution in [0.4, 0.5) is 0 Å². The fraction of sp³-hybridized carbons (Fsp3) is 0.450. The van der Waals surface area contributed by atoms with Crippen LogP contribution in [0.2, 0.25) is 0 Å². The third-order valence-corrected chi connectivity index (χ3v) is 5.21. The molecule has 0 spiro atoms. The van der Waals surface area contributed by atoms with Gasteiger partial charge in [-0.25, -0.2) is 0 Å². The summed E-state index contributed by atoms with van der Waals surface area (Å²) in [4.78, 5) is 24.9. The Morgan fingerprint density at radius 1 is 1.23 bits per heavy atom. The van der Waals surface area contributed by atoms with E-state index in [2.05, 4.69) is 15.7 Å². The van der Waals surface area contributed by atoms with Gasteiger partial charge >= 0.3 is 0 Å². The van der Waals surface area contributed by atoms with Crippen molar-refractivity contribution in [1.82, 2.24) is 20.4 Å². The van der Waals surface area contributed by atoms with Crippen LogP contribution in [0.3, 0.4) is 0 Å². The van der Waals surface area contributed by atoms with Gasteiger partial charge in [-0.1, -0.05) is 30.3 Å². The molecule has 2 N–H and O–H groups in total. The smallest absolute Gasteiger partial charge is 0.271 e. The standard InChI is InChI=1S/C20H24N4O2/c1-13(2)21-18(25)17-11-16-10-15(12-24(16)23-17)22-19(26)20(8-9-20)14-6-4-3-5-7-14/h3-7,11,13,15H,8-10,12H2,1-2H3,(H,21,25)(H,22,26)/t15-/m0/s1. The second-order valence-corrected chi connectivity index (χ2v) is 7.65. The molecular formula is C20H24N4O2. The maximum atomic E-state index is 12.8. The molecule has 1 aromatic carbocycles. The molecule has 1 atom stereocenters. The average molecular weight is 352 g/mol. The van der Waals surface area contributed by atoms with Gasteiger partial charge in [0.15, 0.2) is 0 Å². The zero-order chi connectivity index (χ0) is 18.3. The molecule has 1 saturated carbocycles. The number of carbonyl (C=O) groups is 2. The van der Waals surface area contributed by atoms with Gasteiger partial charge in [0.05, 0.1) is 18.0 Å². The molecule has 4 rings (SSSR count).